The maximum Gasteiger partial charge on any atom is 0.317 e. The van der Waals surface area contributed by atoms with E-state index < -0.39 is 41.1 Å². The van der Waals surface area contributed by atoms with Crippen molar-refractivity contribution in [3.8, 4) is 0 Å². The molecule has 2 rings (SSSR count). The van der Waals surface area contributed by atoms with E-state index in [1.54, 1.807) is 26.0 Å². The van der Waals surface area contributed by atoms with Crippen molar-refractivity contribution in [3.05, 3.63) is 24.2 Å². The number of furan rings is 1. The monoisotopic (exact) mass is 338 g/mol. The molecule has 0 saturated heterocycles. The van der Waals surface area contributed by atoms with Crippen molar-refractivity contribution < 1.29 is 33.4 Å². The van der Waals surface area contributed by atoms with Crippen LogP contribution in [0, 0.1) is 11.8 Å². The predicted octanol–water partition coefficient (Wildman–Crippen LogP) is 1.45. The van der Waals surface area contributed by atoms with E-state index in [1.807, 2.05) is 0 Å². The molecule has 1 aromatic rings. The lowest BCUT2D eigenvalue weighted by atomic mass is 9.63. The van der Waals surface area contributed by atoms with Gasteiger partial charge in [0.05, 0.1) is 36.9 Å². The van der Waals surface area contributed by atoms with Crippen LogP contribution < -0.4 is 0 Å². The van der Waals surface area contributed by atoms with E-state index in [-0.39, 0.29) is 25.4 Å². The molecule has 1 aromatic heterocycles. The smallest absolute Gasteiger partial charge is 0.317 e. The summed E-state index contributed by atoms with van der Waals surface area (Å²) in [5.41, 5.74) is -1.65. The van der Waals surface area contributed by atoms with Gasteiger partial charge in [0.1, 0.15) is 11.7 Å². The van der Waals surface area contributed by atoms with E-state index in [0.29, 0.717) is 0 Å². The molecule has 1 heterocycles. The number of Topliss-reactive ketones (excluding diaryl/α,β-unsaturated/α-hetero) is 1. The van der Waals surface area contributed by atoms with Gasteiger partial charge in [-0.25, -0.2) is 0 Å². The number of rotatable bonds is 5. The van der Waals surface area contributed by atoms with Crippen LogP contribution in [0.15, 0.2) is 22.8 Å². The fourth-order valence-electron chi connectivity index (χ4n) is 3.30. The molecule has 0 aliphatic heterocycles. The quantitative estimate of drug-likeness (QED) is 0.640. The fourth-order valence-corrected chi connectivity index (χ4v) is 3.30. The third-order valence-corrected chi connectivity index (χ3v) is 4.22. The highest BCUT2D eigenvalue weighted by Crippen LogP contribution is 2.46. The van der Waals surface area contributed by atoms with E-state index >= 15 is 0 Å². The highest BCUT2D eigenvalue weighted by Gasteiger charge is 2.58. The van der Waals surface area contributed by atoms with Crippen LogP contribution in [0.3, 0.4) is 0 Å². The molecule has 0 spiro atoms. The number of hydrogen-bond donors (Lipinski definition) is 1. The van der Waals surface area contributed by atoms with Gasteiger partial charge in [-0.3, -0.25) is 14.4 Å². The number of hydrogen-bond acceptors (Lipinski definition) is 7. The third-order valence-electron chi connectivity index (χ3n) is 4.22. The molecule has 1 saturated carbocycles. The number of carbonyl (C=O) groups excluding carboxylic acids is 3. The Balaban J connectivity index is 2.53. The third kappa shape index (κ3) is 3.36. The summed E-state index contributed by atoms with van der Waals surface area (Å²) in [4.78, 5) is 37.3. The van der Waals surface area contributed by atoms with Crippen LogP contribution in [-0.2, 0) is 23.9 Å². The molecule has 1 aliphatic carbocycles. The maximum atomic E-state index is 12.5. The van der Waals surface area contributed by atoms with Gasteiger partial charge in [0.25, 0.3) is 0 Å². The average Bonchev–Trinajstić information content (AvgIpc) is 2.99. The minimum absolute atomic E-state index is 0.105. The highest BCUT2D eigenvalue weighted by molar-refractivity contribution is 6.02. The first kappa shape index (κ1) is 18.2. The van der Waals surface area contributed by atoms with Crippen LogP contribution in [0.1, 0.15) is 38.9 Å². The Morgan fingerprint density at radius 1 is 1.29 bits per heavy atom. The number of carbonyl (C=O) groups is 3. The first-order valence-electron chi connectivity index (χ1n) is 7.95. The van der Waals surface area contributed by atoms with Crippen molar-refractivity contribution in [1.29, 1.82) is 0 Å². The molecule has 0 radical (unpaired) electrons. The zero-order valence-corrected chi connectivity index (χ0v) is 14.0. The van der Waals surface area contributed by atoms with Gasteiger partial charge in [-0.05, 0) is 32.9 Å². The molecule has 0 bridgehead atoms. The molecule has 0 amide bonds. The van der Waals surface area contributed by atoms with Crippen LogP contribution in [0.2, 0.25) is 0 Å². The minimum Gasteiger partial charge on any atom is -0.469 e. The Morgan fingerprint density at radius 2 is 1.92 bits per heavy atom. The fraction of sp³-hybridized carbons (Fsp3) is 0.588. The van der Waals surface area contributed by atoms with Crippen molar-refractivity contribution in [1.82, 2.24) is 0 Å². The molecule has 1 fully saturated rings. The molecule has 7 heteroatoms. The summed E-state index contributed by atoms with van der Waals surface area (Å²) in [7, 11) is 0. The topological polar surface area (TPSA) is 103 Å². The van der Waals surface area contributed by atoms with Crippen molar-refractivity contribution in [2.45, 2.75) is 38.7 Å². The number of ether oxygens (including phenoxy) is 2. The summed E-state index contributed by atoms with van der Waals surface area (Å²) in [6.45, 7) is 4.89. The van der Waals surface area contributed by atoms with Gasteiger partial charge in [-0.2, -0.15) is 0 Å². The second-order valence-corrected chi connectivity index (χ2v) is 6.00. The SMILES string of the molecule is CCOC(=O)C1C(=O)CC(C)(O)C(C(=O)OCC)C1c1ccco1. The van der Waals surface area contributed by atoms with Gasteiger partial charge in [-0.1, -0.05) is 0 Å². The Morgan fingerprint density at radius 3 is 2.46 bits per heavy atom. The normalized spacial score (nSPS) is 30.0. The van der Waals surface area contributed by atoms with Crippen LogP contribution in [0.4, 0.5) is 0 Å². The molecular formula is C17H22O7. The Kier molecular flexibility index (Phi) is 5.43. The predicted molar refractivity (Wildman–Crippen MR) is 81.9 cm³/mol. The van der Waals surface area contributed by atoms with E-state index in [4.69, 9.17) is 13.9 Å². The Hall–Kier alpha value is -2.15. The van der Waals surface area contributed by atoms with Crippen molar-refractivity contribution >= 4 is 17.7 Å². The standard InChI is InChI=1S/C17H22O7/c1-4-22-15(19)12-10(18)9-17(3,21)14(16(20)23-5-2)13(12)11-7-6-8-24-11/h6-8,12-14,21H,4-5,9H2,1-3H3. The Bertz CT molecular complexity index is 602. The molecule has 4 atom stereocenters. The average molecular weight is 338 g/mol. The minimum atomic E-state index is -1.65. The number of ketones is 1. The summed E-state index contributed by atoms with van der Waals surface area (Å²) in [5.74, 6) is -4.94. The molecule has 4 unspecified atom stereocenters. The molecule has 1 N–H and O–H groups in total. The number of aliphatic hydroxyl groups is 1. The molecule has 132 valence electrons. The van der Waals surface area contributed by atoms with Crippen LogP contribution in [0.5, 0.6) is 0 Å². The number of esters is 2. The van der Waals surface area contributed by atoms with E-state index in [9.17, 15) is 19.5 Å². The summed E-state index contributed by atoms with van der Waals surface area (Å²) < 4.78 is 15.4. The molecule has 1 aliphatic rings. The van der Waals surface area contributed by atoms with Crippen LogP contribution in [0.25, 0.3) is 0 Å². The van der Waals surface area contributed by atoms with E-state index in [1.165, 1.54) is 13.2 Å². The molecule has 0 aromatic carbocycles. The summed E-state index contributed by atoms with van der Waals surface area (Å²) >= 11 is 0. The van der Waals surface area contributed by atoms with Gasteiger partial charge in [0.15, 0.2) is 5.78 Å². The lowest BCUT2D eigenvalue weighted by Gasteiger charge is -2.42. The second kappa shape index (κ2) is 7.17. The van der Waals surface area contributed by atoms with E-state index in [0.717, 1.165) is 0 Å². The zero-order chi connectivity index (χ0) is 17.9. The lowest BCUT2D eigenvalue weighted by Crippen LogP contribution is -2.55. The van der Waals surface area contributed by atoms with Crippen molar-refractivity contribution in [2.75, 3.05) is 13.2 Å². The summed E-state index contributed by atoms with van der Waals surface area (Å²) in [5, 5.41) is 10.7. The van der Waals surface area contributed by atoms with Gasteiger partial charge in [0.2, 0.25) is 0 Å². The highest BCUT2D eigenvalue weighted by atomic mass is 16.5. The van der Waals surface area contributed by atoms with Crippen LogP contribution >= 0.6 is 0 Å². The zero-order valence-electron chi connectivity index (χ0n) is 14.0. The largest absolute Gasteiger partial charge is 0.469 e. The lowest BCUT2D eigenvalue weighted by molar-refractivity contribution is -0.173. The molecular weight excluding hydrogens is 316 g/mol. The Labute approximate surface area is 139 Å². The maximum absolute atomic E-state index is 12.5. The second-order valence-electron chi connectivity index (χ2n) is 6.00. The molecule has 24 heavy (non-hydrogen) atoms. The molecule has 7 nitrogen and oxygen atoms in total. The van der Waals surface area contributed by atoms with Gasteiger partial charge in [-0.15, -0.1) is 0 Å². The van der Waals surface area contributed by atoms with Crippen LogP contribution in [-0.4, -0.2) is 41.6 Å². The van der Waals surface area contributed by atoms with Crippen molar-refractivity contribution in [3.63, 3.8) is 0 Å². The van der Waals surface area contributed by atoms with Gasteiger partial charge < -0.3 is 19.0 Å². The van der Waals surface area contributed by atoms with Gasteiger partial charge >= 0.3 is 11.9 Å². The van der Waals surface area contributed by atoms with E-state index in [2.05, 4.69) is 0 Å². The first-order chi connectivity index (χ1) is 11.3. The van der Waals surface area contributed by atoms with Crippen molar-refractivity contribution in [2.24, 2.45) is 11.8 Å². The first-order valence-corrected chi connectivity index (χ1v) is 7.95. The summed E-state index contributed by atoms with van der Waals surface area (Å²) in [6, 6.07) is 3.16. The summed E-state index contributed by atoms with van der Waals surface area (Å²) in [6.07, 6.45) is 1.05. The van der Waals surface area contributed by atoms with Gasteiger partial charge in [0, 0.05) is 6.42 Å².